The number of allylic oxidation sites excluding steroid dienone is 5. The molecule has 0 fully saturated rings. The summed E-state index contributed by atoms with van der Waals surface area (Å²) in [7, 11) is 0. The smallest absolute Gasteiger partial charge is 0.0640 e. The molecular weight excluding hydrogens is 273 g/mol. The van der Waals surface area contributed by atoms with Crippen LogP contribution < -0.4 is 0 Å². The Bertz CT molecular complexity index is 245. The van der Waals surface area contributed by atoms with Crippen LogP contribution in [-0.2, 0) is 0 Å². The maximum absolute atomic E-state index is 3.72. The van der Waals surface area contributed by atoms with E-state index in [0.717, 1.165) is 0 Å². The third kappa shape index (κ3) is 4.93. The molecule has 0 saturated carbocycles. The summed E-state index contributed by atoms with van der Waals surface area (Å²) in [5, 5.41) is 0. The van der Waals surface area contributed by atoms with E-state index in [1.807, 2.05) is 28.3 Å². The molecule has 2 heteroatoms. The molecule has 0 N–H and O–H groups in total. The first-order valence-electron chi connectivity index (χ1n) is 4.18. The van der Waals surface area contributed by atoms with Crippen molar-refractivity contribution in [1.29, 1.82) is 0 Å². The van der Waals surface area contributed by atoms with Gasteiger partial charge in [-0.15, -0.1) is 0 Å². The van der Waals surface area contributed by atoms with E-state index in [1.54, 1.807) is 6.20 Å². The second-order valence-electron chi connectivity index (χ2n) is 2.76. The molecule has 0 heterocycles. The molecule has 0 rings (SSSR count). The van der Waals surface area contributed by atoms with Crippen LogP contribution in [0.4, 0.5) is 0 Å². The lowest BCUT2D eigenvalue weighted by atomic mass is 10.2. The van der Waals surface area contributed by atoms with Gasteiger partial charge in [0.15, 0.2) is 0 Å². The summed E-state index contributed by atoms with van der Waals surface area (Å²) in [5.41, 5.74) is 2.45. The fourth-order valence-corrected chi connectivity index (χ4v) is 1.45. The maximum Gasteiger partial charge on any atom is 0.0640 e. The Hall–Kier alpha value is -0.510. The lowest BCUT2D eigenvalue weighted by Crippen LogP contribution is -2.00. The fourth-order valence-electron chi connectivity index (χ4n) is 0.808. The highest BCUT2D eigenvalue weighted by atomic mass is 127. The zero-order valence-electron chi connectivity index (χ0n) is 8.42. The van der Waals surface area contributed by atoms with Gasteiger partial charge in [0.05, 0.1) is 22.9 Å². The van der Waals surface area contributed by atoms with E-state index in [9.17, 15) is 0 Å². The fraction of sp³-hybridized carbons (Fsp3) is 0.273. The highest BCUT2D eigenvalue weighted by Crippen LogP contribution is 2.16. The Kier molecular flexibility index (Phi) is 6.68. The number of hydrogen-bond donors (Lipinski definition) is 0. The third-order valence-corrected chi connectivity index (χ3v) is 2.37. The predicted octanol–water partition coefficient (Wildman–Crippen LogP) is 4.21. The summed E-state index contributed by atoms with van der Waals surface area (Å²) in [6, 6.07) is 0. The first-order valence-corrected chi connectivity index (χ1v) is 5.14. The van der Waals surface area contributed by atoms with Crippen molar-refractivity contribution in [2.45, 2.75) is 20.8 Å². The molecule has 0 aliphatic carbocycles. The largest absolute Gasteiger partial charge is 0.291 e. The molecule has 0 unspecified atom stereocenters. The third-order valence-electron chi connectivity index (χ3n) is 1.46. The topological polar surface area (TPSA) is 3.24 Å². The molecule has 0 radical (unpaired) electrons. The van der Waals surface area contributed by atoms with E-state index < -0.39 is 0 Å². The van der Waals surface area contributed by atoms with Crippen LogP contribution in [0.5, 0.6) is 0 Å². The van der Waals surface area contributed by atoms with Crippen molar-refractivity contribution in [1.82, 2.24) is 3.11 Å². The summed E-state index contributed by atoms with van der Waals surface area (Å²) >= 11 is 2.22. The first kappa shape index (κ1) is 12.5. The molecule has 0 aliphatic rings. The van der Waals surface area contributed by atoms with Gasteiger partial charge in [-0.2, -0.15) is 0 Å². The number of halogens is 1. The molecule has 0 spiro atoms. The monoisotopic (exact) mass is 289 g/mol. The summed E-state index contributed by atoms with van der Waals surface area (Å²) in [6.45, 7) is 9.90. The molecule has 0 aromatic rings. The molecule has 0 aromatic heterocycles. The Labute approximate surface area is 95.0 Å². The summed E-state index contributed by atoms with van der Waals surface area (Å²) in [5.74, 6) is 0. The molecule has 0 bridgehead atoms. The van der Waals surface area contributed by atoms with Gasteiger partial charge in [0, 0.05) is 11.9 Å². The Balaban J connectivity index is 4.65. The van der Waals surface area contributed by atoms with Gasteiger partial charge in [-0.3, -0.25) is 3.11 Å². The average Bonchev–Trinajstić information content (AvgIpc) is 2.11. The van der Waals surface area contributed by atoms with Gasteiger partial charge in [-0.1, -0.05) is 30.4 Å². The van der Waals surface area contributed by atoms with Gasteiger partial charge in [-0.25, -0.2) is 0 Å². The minimum Gasteiger partial charge on any atom is -0.291 e. The molecule has 0 aliphatic heterocycles. The van der Waals surface area contributed by atoms with Crippen LogP contribution in [0.25, 0.3) is 0 Å². The van der Waals surface area contributed by atoms with Crippen LogP contribution >= 0.6 is 22.9 Å². The maximum atomic E-state index is 3.72. The Morgan fingerprint density at radius 1 is 1.31 bits per heavy atom. The van der Waals surface area contributed by atoms with Gasteiger partial charge in [0.2, 0.25) is 0 Å². The van der Waals surface area contributed by atoms with Crippen LogP contribution in [0.3, 0.4) is 0 Å². The van der Waals surface area contributed by atoms with Crippen molar-refractivity contribution < 1.29 is 0 Å². The first-order chi connectivity index (χ1) is 6.13. The van der Waals surface area contributed by atoms with Gasteiger partial charge in [0.25, 0.3) is 0 Å². The predicted molar refractivity (Wildman–Crippen MR) is 68.4 cm³/mol. The van der Waals surface area contributed by atoms with Crippen molar-refractivity contribution >= 4 is 22.9 Å². The van der Waals surface area contributed by atoms with Crippen LogP contribution in [0.1, 0.15) is 20.8 Å². The van der Waals surface area contributed by atoms with Crippen LogP contribution in [0, 0.1) is 0 Å². The van der Waals surface area contributed by atoms with Crippen molar-refractivity contribution in [3.05, 3.63) is 48.4 Å². The molecule has 0 saturated heterocycles. The van der Waals surface area contributed by atoms with Gasteiger partial charge < -0.3 is 0 Å². The van der Waals surface area contributed by atoms with Gasteiger partial charge >= 0.3 is 0 Å². The molecule has 0 amide bonds. The molecule has 0 aromatic carbocycles. The van der Waals surface area contributed by atoms with E-state index in [0.29, 0.717) is 0 Å². The highest BCUT2D eigenvalue weighted by molar-refractivity contribution is 14.1. The summed E-state index contributed by atoms with van der Waals surface area (Å²) in [6.07, 6.45) is 9.91. The van der Waals surface area contributed by atoms with Crippen LogP contribution in [0.2, 0.25) is 0 Å². The van der Waals surface area contributed by atoms with E-state index in [-0.39, 0.29) is 0 Å². The number of hydrogen-bond acceptors (Lipinski definition) is 1. The molecular formula is C11H16IN. The van der Waals surface area contributed by atoms with Gasteiger partial charge in [0.1, 0.15) is 0 Å². The molecule has 13 heavy (non-hydrogen) atoms. The van der Waals surface area contributed by atoms with Crippen molar-refractivity contribution in [2.75, 3.05) is 0 Å². The molecule has 0 atom stereocenters. The number of nitrogens with zero attached hydrogens (tertiary/aromatic N) is 1. The van der Waals surface area contributed by atoms with E-state index in [1.165, 1.54) is 11.3 Å². The molecule has 72 valence electrons. The van der Waals surface area contributed by atoms with E-state index in [2.05, 4.69) is 49.4 Å². The lowest BCUT2D eigenvalue weighted by molar-refractivity contribution is 0.842. The van der Waals surface area contributed by atoms with Crippen LogP contribution in [-0.4, -0.2) is 3.11 Å². The second-order valence-corrected chi connectivity index (χ2v) is 3.80. The standard InChI is InChI=1S/C11H16IN/c1-5-7-8-9-11(10(3)4)13(12)6-2/h5-9H,2H2,1,3-4H3/b7-5+,9-8-. The van der Waals surface area contributed by atoms with E-state index in [4.69, 9.17) is 0 Å². The minimum atomic E-state index is 1.17. The summed E-state index contributed by atoms with van der Waals surface area (Å²) in [4.78, 5) is 0. The lowest BCUT2D eigenvalue weighted by Gasteiger charge is -2.13. The quantitative estimate of drug-likeness (QED) is 0.426. The molecule has 1 nitrogen and oxygen atoms in total. The average molecular weight is 289 g/mol. The minimum absolute atomic E-state index is 1.17. The van der Waals surface area contributed by atoms with E-state index >= 15 is 0 Å². The van der Waals surface area contributed by atoms with Crippen molar-refractivity contribution in [2.24, 2.45) is 0 Å². The highest BCUT2D eigenvalue weighted by Gasteiger charge is 1.99. The Morgan fingerprint density at radius 3 is 2.31 bits per heavy atom. The van der Waals surface area contributed by atoms with Gasteiger partial charge in [-0.05, 0) is 26.8 Å². The zero-order valence-corrected chi connectivity index (χ0v) is 10.6. The van der Waals surface area contributed by atoms with Crippen molar-refractivity contribution in [3.63, 3.8) is 0 Å². The SMILES string of the molecule is C=CN(I)C(/C=C\C=C\C)=C(C)C. The Morgan fingerprint density at radius 2 is 1.92 bits per heavy atom. The second kappa shape index (κ2) is 6.95. The normalized spacial score (nSPS) is 10.8. The van der Waals surface area contributed by atoms with Crippen molar-refractivity contribution in [3.8, 4) is 0 Å². The number of rotatable bonds is 4. The zero-order chi connectivity index (χ0) is 10.3. The van der Waals surface area contributed by atoms with Crippen LogP contribution in [0.15, 0.2) is 48.4 Å². The summed E-state index contributed by atoms with van der Waals surface area (Å²) < 4.78 is 1.98.